The molecule has 2 amide bonds. The molecule has 1 fully saturated rings. The Morgan fingerprint density at radius 3 is 2.67 bits per heavy atom. The van der Waals surface area contributed by atoms with E-state index in [1.807, 2.05) is 24.3 Å². The smallest absolute Gasteiger partial charge is 0.408 e. The molecular weight excluding hydrogens is 464 g/mol. The van der Waals surface area contributed by atoms with Crippen LogP contribution in [0.2, 0.25) is 0 Å². The van der Waals surface area contributed by atoms with E-state index in [4.69, 9.17) is 8.94 Å². The summed E-state index contributed by atoms with van der Waals surface area (Å²) in [5.41, 5.74) is 4.18. The lowest BCUT2D eigenvalue weighted by molar-refractivity contribution is -0.135. The molecule has 178 valence electrons. The lowest BCUT2D eigenvalue weighted by atomic mass is 10.1. The molecule has 1 atom stereocenters. The van der Waals surface area contributed by atoms with Gasteiger partial charge in [0.15, 0.2) is 5.58 Å². The summed E-state index contributed by atoms with van der Waals surface area (Å²) in [5.74, 6) is -0.704. The predicted octanol–water partition coefficient (Wildman–Crippen LogP) is 2.67. The number of aromatic nitrogens is 5. The number of rotatable bonds is 5. The number of carbonyl (C=O) groups is 2. The van der Waals surface area contributed by atoms with Crippen molar-refractivity contribution in [1.82, 2.24) is 30.0 Å². The highest BCUT2D eigenvalue weighted by molar-refractivity contribution is 6.00. The molecule has 1 unspecified atom stereocenters. The van der Waals surface area contributed by atoms with E-state index < -0.39 is 17.7 Å². The maximum atomic E-state index is 12.5. The summed E-state index contributed by atoms with van der Waals surface area (Å²) in [7, 11) is 0. The normalized spacial score (nSPS) is 15.8. The van der Waals surface area contributed by atoms with Crippen LogP contribution in [0.4, 0.5) is 0 Å². The number of hydrogen-bond acceptors (Lipinski definition) is 9. The van der Waals surface area contributed by atoms with Gasteiger partial charge in [-0.1, -0.05) is 29.4 Å². The number of amides is 2. The summed E-state index contributed by atoms with van der Waals surface area (Å²) in [6, 6.07) is 12.1. The molecule has 5 aromatic rings. The van der Waals surface area contributed by atoms with Gasteiger partial charge >= 0.3 is 5.76 Å². The quantitative estimate of drug-likeness (QED) is 0.374. The van der Waals surface area contributed by atoms with Gasteiger partial charge in [0.05, 0.1) is 11.9 Å². The molecule has 0 aliphatic carbocycles. The Balaban J connectivity index is 1.28. The highest BCUT2D eigenvalue weighted by Crippen LogP contribution is 2.26. The van der Waals surface area contributed by atoms with Gasteiger partial charge in [-0.25, -0.2) is 14.8 Å². The van der Waals surface area contributed by atoms with Crippen molar-refractivity contribution in [2.45, 2.75) is 25.3 Å². The predicted molar refractivity (Wildman–Crippen MR) is 125 cm³/mol. The lowest BCUT2D eigenvalue weighted by Crippen LogP contribution is -2.43. The van der Waals surface area contributed by atoms with Gasteiger partial charge in [-0.2, -0.15) is 4.98 Å². The van der Waals surface area contributed by atoms with Crippen LogP contribution in [0, 0.1) is 0 Å². The van der Waals surface area contributed by atoms with E-state index in [1.165, 1.54) is 10.9 Å². The van der Waals surface area contributed by atoms with Gasteiger partial charge in [0.2, 0.25) is 23.5 Å². The molecule has 0 radical (unpaired) electrons. The summed E-state index contributed by atoms with van der Waals surface area (Å²) in [6.07, 6.45) is 5.62. The Hall–Kier alpha value is -4.93. The second-order valence-electron chi connectivity index (χ2n) is 8.40. The van der Waals surface area contributed by atoms with E-state index in [9.17, 15) is 14.4 Å². The number of nitrogens with one attached hydrogen (secondary N) is 1. The van der Waals surface area contributed by atoms with Crippen LogP contribution in [0.5, 0.6) is 0 Å². The molecule has 36 heavy (non-hydrogen) atoms. The second-order valence-corrected chi connectivity index (χ2v) is 8.40. The molecule has 1 aliphatic rings. The van der Waals surface area contributed by atoms with Crippen LogP contribution in [0.15, 0.2) is 74.9 Å². The van der Waals surface area contributed by atoms with E-state index in [0.29, 0.717) is 29.2 Å². The van der Waals surface area contributed by atoms with E-state index in [2.05, 4.69) is 25.4 Å². The molecule has 11 heteroatoms. The number of fused-ring (bicyclic) bond motifs is 1. The average molecular weight is 482 g/mol. The van der Waals surface area contributed by atoms with Crippen LogP contribution in [0.1, 0.15) is 30.3 Å². The third kappa shape index (κ3) is 3.96. The van der Waals surface area contributed by atoms with Crippen LogP contribution in [-0.2, 0) is 16.0 Å². The molecule has 0 saturated carbocycles. The molecule has 0 bridgehead atoms. The molecule has 2 aromatic carbocycles. The van der Waals surface area contributed by atoms with Gasteiger partial charge in [-0.3, -0.25) is 19.5 Å². The number of hydrogen-bond donors (Lipinski definition) is 1. The number of carbonyl (C=O) groups excluding carboxylic acids is 2. The minimum Gasteiger partial charge on any atom is -0.408 e. The van der Waals surface area contributed by atoms with Gasteiger partial charge in [0.25, 0.3) is 0 Å². The first kappa shape index (κ1) is 21.6. The minimum absolute atomic E-state index is 0.151. The average Bonchev–Trinajstić information content (AvgIpc) is 3.48. The molecule has 4 heterocycles. The number of benzene rings is 2. The van der Waals surface area contributed by atoms with Gasteiger partial charge in [0.1, 0.15) is 12.4 Å². The Bertz CT molecular complexity index is 1670. The minimum atomic E-state index is -0.816. The summed E-state index contributed by atoms with van der Waals surface area (Å²) in [5, 5.41) is 6.39. The van der Waals surface area contributed by atoms with Crippen LogP contribution >= 0.6 is 0 Å². The third-order valence-corrected chi connectivity index (χ3v) is 6.04. The fourth-order valence-electron chi connectivity index (χ4n) is 4.32. The highest BCUT2D eigenvalue weighted by atomic mass is 16.5. The van der Waals surface area contributed by atoms with Crippen LogP contribution in [0.3, 0.4) is 0 Å². The first-order valence-electron chi connectivity index (χ1n) is 11.2. The molecule has 11 nitrogen and oxygen atoms in total. The van der Waals surface area contributed by atoms with Crippen LogP contribution < -0.4 is 11.1 Å². The van der Waals surface area contributed by atoms with Gasteiger partial charge in [-0.15, -0.1) is 0 Å². The number of piperidine rings is 1. The topological polar surface area (TPSA) is 146 Å². The molecule has 1 aliphatic heterocycles. The molecule has 1 N–H and O–H groups in total. The largest absolute Gasteiger partial charge is 0.420 e. The van der Waals surface area contributed by atoms with Crippen LogP contribution in [-0.4, -0.2) is 36.5 Å². The molecule has 0 spiro atoms. The van der Waals surface area contributed by atoms with Crippen molar-refractivity contribution in [3.8, 4) is 22.5 Å². The first-order valence-corrected chi connectivity index (χ1v) is 11.2. The third-order valence-electron chi connectivity index (χ3n) is 6.04. The monoisotopic (exact) mass is 482 g/mol. The SMILES string of the molecule is O=C1CCC(n2c(=O)oc3ccc(Cc4nc(-c5cccc(-c6cncnc6)c5)no4)cc32)C(=O)N1. The van der Waals surface area contributed by atoms with Crippen molar-refractivity contribution in [1.29, 1.82) is 0 Å². The van der Waals surface area contributed by atoms with Gasteiger partial charge < -0.3 is 8.94 Å². The zero-order chi connectivity index (χ0) is 24.6. The van der Waals surface area contributed by atoms with E-state index in [1.54, 1.807) is 30.6 Å². The molecule has 3 aromatic heterocycles. The standard InChI is InChI=1S/C25H18N6O5/c32-21-7-5-18(24(33)28-21)31-19-8-14(4-6-20(19)35-25(31)34)9-22-29-23(30-36-22)16-3-1-2-15(10-16)17-11-26-13-27-12-17/h1-4,6,8,10-13,18H,5,7,9H2,(H,28,32,33). The zero-order valence-electron chi connectivity index (χ0n) is 18.7. The Morgan fingerprint density at radius 2 is 1.83 bits per heavy atom. The number of nitrogens with zero attached hydrogens (tertiary/aromatic N) is 5. The number of imide groups is 1. The molecule has 6 rings (SSSR count). The van der Waals surface area contributed by atoms with E-state index in [-0.39, 0.29) is 18.7 Å². The number of oxazole rings is 1. The maximum Gasteiger partial charge on any atom is 0.420 e. The highest BCUT2D eigenvalue weighted by Gasteiger charge is 2.31. The molecular formula is C25H18N6O5. The summed E-state index contributed by atoms with van der Waals surface area (Å²) < 4.78 is 12.1. The van der Waals surface area contributed by atoms with Crippen molar-refractivity contribution < 1.29 is 18.5 Å². The van der Waals surface area contributed by atoms with Crippen molar-refractivity contribution in [2.75, 3.05) is 0 Å². The summed E-state index contributed by atoms with van der Waals surface area (Å²) in [4.78, 5) is 49.0. The first-order chi connectivity index (χ1) is 17.5. The van der Waals surface area contributed by atoms with Crippen molar-refractivity contribution >= 4 is 22.9 Å². The van der Waals surface area contributed by atoms with Crippen molar-refractivity contribution in [2.24, 2.45) is 0 Å². The van der Waals surface area contributed by atoms with Crippen molar-refractivity contribution in [3.05, 3.63) is 83.2 Å². The van der Waals surface area contributed by atoms with E-state index in [0.717, 1.165) is 22.3 Å². The van der Waals surface area contributed by atoms with Gasteiger partial charge in [-0.05, 0) is 35.7 Å². The Labute approximate surface area is 202 Å². The van der Waals surface area contributed by atoms with E-state index >= 15 is 0 Å². The summed E-state index contributed by atoms with van der Waals surface area (Å²) >= 11 is 0. The zero-order valence-corrected chi connectivity index (χ0v) is 18.7. The maximum absolute atomic E-state index is 12.5. The fourth-order valence-corrected chi connectivity index (χ4v) is 4.32. The second kappa shape index (κ2) is 8.69. The summed E-state index contributed by atoms with van der Waals surface area (Å²) in [6.45, 7) is 0. The molecule has 1 saturated heterocycles. The van der Waals surface area contributed by atoms with Gasteiger partial charge in [0, 0.05) is 29.9 Å². The van der Waals surface area contributed by atoms with Crippen LogP contribution in [0.25, 0.3) is 33.6 Å². The Kier molecular flexibility index (Phi) is 5.21. The Morgan fingerprint density at radius 1 is 1.00 bits per heavy atom. The van der Waals surface area contributed by atoms with Crippen molar-refractivity contribution in [3.63, 3.8) is 0 Å². The fraction of sp³-hybridized carbons (Fsp3) is 0.160. The lowest BCUT2D eigenvalue weighted by Gasteiger charge is -2.21.